The molecule has 1 aliphatic carbocycles. The summed E-state index contributed by atoms with van der Waals surface area (Å²) >= 11 is 1.85. The molecule has 2 rings (SSSR count). The fraction of sp³-hybridized carbons (Fsp3) is 0.833. The zero-order valence-corrected chi connectivity index (χ0v) is 20.1. The molecule has 0 amide bonds. The topological polar surface area (TPSA) is 87.4 Å². The zero-order valence-electron chi connectivity index (χ0n) is 17.0. The number of aromatic nitrogens is 3. The molecule has 1 heterocycles. The van der Waals surface area contributed by atoms with E-state index in [0.717, 1.165) is 62.1 Å². The van der Waals surface area contributed by atoms with Crippen LogP contribution in [0.3, 0.4) is 0 Å². The molecule has 0 bridgehead atoms. The van der Waals surface area contributed by atoms with E-state index in [1.807, 2.05) is 30.3 Å². The Hall–Kier alpha value is -0.550. The van der Waals surface area contributed by atoms with Crippen molar-refractivity contribution in [1.82, 2.24) is 25.4 Å². The molecule has 0 saturated heterocycles. The van der Waals surface area contributed by atoms with Gasteiger partial charge in [0.05, 0.1) is 6.10 Å². The normalized spacial score (nSPS) is 23.0. The average molecular weight is 510 g/mol. The van der Waals surface area contributed by atoms with Gasteiger partial charge in [0.1, 0.15) is 12.4 Å². The van der Waals surface area contributed by atoms with Gasteiger partial charge < -0.3 is 20.3 Å². The van der Waals surface area contributed by atoms with Crippen LogP contribution in [0.25, 0.3) is 0 Å². The van der Waals surface area contributed by atoms with Gasteiger partial charge in [0.15, 0.2) is 11.8 Å². The van der Waals surface area contributed by atoms with E-state index in [1.165, 1.54) is 6.42 Å². The second-order valence-electron chi connectivity index (χ2n) is 7.43. The van der Waals surface area contributed by atoms with Crippen LogP contribution >= 0.6 is 35.7 Å². The third kappa shape index (κ3) is 7.41. The van der Waals surface area contributed by atoms with Gasteiger partial charge in [0, 0.05) is 25.6 Å². The smallest absolute Gasteiger partial charge is 0.191 e. The van der Waals surface area contributed by atoms with E-state index in [2.05, 4.69) is 39.0 Å². The lowest BCUT2D eigenvalue weighted by Crippen LogP contribution is -2.48. The maximum Gasteiger partial charge on any atom is 0.191 e. The predicted molar refractivity (Wildman–Crippen MR) is 124 cm³/mol. The Kier molecular flexibility index (Phi) is 11.0. The summed E-state index contributed by atoms with van der Waals surface area (Å²) in [6, 6.07) is 0. The molecule has 7 nitrogen and oxygen atoms in total. The fourth-order valence-electron chi connectivity index (χ4n) is 3.21. The van der Waals surface area contributed by atoms with E-state index in [1.54, 1.807) is 0 Å². The lowest BCUT2D eigenvalue weighted by atomic mass is 9.73. The summed E-state index contributed by atoms with van der Waals surface area (Å²) in [6.07, 6.45) is 7.20. The predicted octanol–water partition coefficient (Wildman–Crippen LogP) is 2.47. The Balaban J connectivity index is 0.00000364. The Bertz CT molecular complexity index is 596. The second kappa shape index (κ2) is 12.1. The Morgan fingerprint density at radius 3 is 2.78 bits per heavy atom. The monoisotopic (exact) mass is 510 g/mol. The molecule has 156 valence electrons. The van der Waals surface area contributed by atoms with Crippen molar-refractivity contribution in [3.8, 4) is 0 Å². The van der Waals surface area contributed by atoms with Gasteiger partial charge in [-0.1, -0.05) is 19.8 Å². The average Bonchev–Trinajstić information content (AvgIpc) is 2.95. The highest BCUT2D eigenvalue weighted by molar-refractivity contribution is 14.0. The summed E-state index contributed by atoms with van der Waals surface area (Å²) in [7, 11) is 1.96. The van der Waals surface area contributed by atoms with Crippen molar-refractivity contribution in [2.45, 2.75) is 58.6 Å². The van der Waals surface area contributed by atoms with Crippen molar-refractivity contribution in [1.29, 1.82) is 0 Å². The summed E-state index contributed by atoms with van der Waals surface area (Å²) in [6.45, 7) is 6.19. The number of hydrogen-bond donors (Lipinski definition) is 3. The van der Waals surface area contributed by atoms with Gasteiger partial charge in [0.2, 0.25) is 0 Å². The Morgan fingerprint density at radius 1 is 1.37 bits per heavy atom. The number of rotatable bonds is 8. The minimum absolute atomic E-state index is 0. The molecule has 9 heteroatoms. The van der Waals surface area contributed by atoms with Crippen molar-refractivity contribution < 1.29 is 5.11 Å². The second-order valence-corrected chi connectivity index (χ2v) is 8.42. The molecule has 1 aromatic heterocycles. The first kappa shape index (κ1) is 24.5. The molecule has 0 radical (unpaired) electrons. The van der Waals surface area contributed by atoms with Crippen LogP contribution in [0.5, 0.6) is 0 Å². The molecule has 0 spiro atoms. The number of thioether (sulfide) groups is 1. The molecule has 27 heavy (non-hydrogen) atoms. The summed E-state index contributed by atoms with van der Waals surface area (Å²) in [5, 5.41) is 25.5. The highest BCUT2D eigenvalue weighted by Gasteiger charge is 2.35. The quantitative estimate of drug-likeness (QED) is 0.216. The third-order valence-electron chi connectivity index (χ3n) is 5.32. The van der Waals surface area contributed by atoms with Gasteiger partial charge in [-0.2, -0.15) is 11.8 Å². The van der Waals surface area contributed by atoms with Crippen molar-refractivity contribution in [3.05, 3.63) is 11.6 Å². The summed E-state index contributed by atoms with van der Waals surface area (Å²) < 4.78 is 1.96. The molecule has 3 N–H and O–H groups in total. The number of nitrogens with one attached hydrogen (secondary N) is 2. The van der Waals surface area contributed by atoms with Crippen LogP contribution in [0.15, 0.2) is 4.99 Å². The number of nitrogens with zero attached hydrogens (tertiary/aromatic N) is 4. The van der Waals surface area contributed by atoms with Gasteiger partial charge >= 0.3 is 0 Å². The number of halogens is 1. The lowest BCUT2D eigenvalue weighted by Gasteiger charge is -2.38. The third-order valence-corrected chi connectivity index (χ3v) is 6.02. The first-order valence-corrected chi connectivity index (χ1v) is 10.9. The highest BCUT2D eigenvalue weighted by atomic mass is 127. The SMILES string of the molecule is CSCCCNC(=NCc1nnc(C)n1C)NCC1(C)CCCCC1O.I. The maximum absolute atomic E-state index is 10.4. The maximum atomic E-state index is 10.4. The van der Waals surface area contributed by atoms with E-state index >= 15 is 0 Å². The number of hydrogen-bond acceptors (Lipinski definition) is 5. The van der Waals surface area contributed by atoms with Crippen LogP contribution < -0.4 is 10.6 Å². The van der Waals surface area contributed by atoms with Crippen LogP contribution in [-0.2, 0) is 13.6 Å². The molecule has 1 fully saturated rings. The van der Waals surface area contributed by atoms with Gasteiger partial charge in [-0.15, -0.1) is 34.2 Å². The molecule has 0 aliphatic heterocycles. The van der Waals surface area contributed by atoms with E-state index in [-0.39, 0.29) is 35.5 Å². The molecule has 2 atom stereocenters. The summed E-state index contributed by atoms with van der Waals surface area (Å²) in [5.41, 5.74) is -0.0959. The highest BCUT2D eigenvalue weighted by Crippen LogP contribution is 2.35. The molecule has 1 aromatic rings. The Labute approximate surface area is 184 Å². The first-order chi connectivity index (χ1) is 12.5. The summed E-state index contributed by atoms with van der Waals surface area (Å²) in [5.74, 6) is 3.64. The van der Waals surface area contributed by atoms with Crippen LogP contribution in [0.1, 0.15) is 50.7 Å². The van der Waals surface area contributed by atoms with Gasteiger partial charge in [-0.05, 0) is 38.2 Å². The van der Waals surface area contributed by atoms with Gasteiger partial charge in [-0.25, -0.2) is 4.99 Å². The van der Waals surface area contributed by atoms with E-state index in [4.69, 9.17) is 0 Å². The van der Waals surface area contributed by atoms with Crippen LogP contribution in [-0.4, -0.2) is 57.0 Å². The largest absolute Gasteiger partial charge is 0.392 e. The number of aliphatic hydroxyl groups is 1. The molecule has 2 unspecified atom stereocenters. The van der Waals surface area contributed by atoms with Crippen LogP contribution in [0, 0.1) is 12.3 Å². The van der Waals surface area contributed by atoms with Crippen molar-refractivity contribution in [3.63, 3.8) is 0 Å². The molecule has 1 saturated carbocycles. The van der Waals surface area contributed by atoms with Gasteiger partial charge in [0.25, 0.3) is 0 Å². The van der Waals surface area contributed by atoms with E-state index in [0.29, 0.717) is 6.54 Å². The number of guanidine groups is 1. The number of aliphatic imine (C=N–C) groups is 1. The number of aryl methyl sites for hydroxylation is 1. The summed E-state index contributed by atoms with van der Waals surface area (Å²) in [4.78, 5) is 4.69. The van der Waals surface area contributed by atoms with Crippen LogP contribution in [0.4, 0.5) is 0 Å². The van der Waals surface area contributed by atoms with Crippen molar-refractivity contribution in [2.75, 3.05) is 25.1 Å². The minimum Gasteiger partial charge on any atom is -0.392 e. The van der Waals surface area contributed by atoms with Crippen molar-refractivity contribution >= 4 is 41.7 Å². The Morgan fingerprint density at radius 2 is 2.15 bits per heavy atom. The van der Waals surface area contributed by atoms with E-state index in [9.17, 15) is 5.11 Å². The molecule has 1 aliphatic rings. The standard InChI is InChI=1S/C18H34N6OS.HI/c1-14-22-23-16(24(14)3)12-20-17(19-10-7-11-26-4)21-13-18(2)9-6-5-8-15(18)25;/h15,25H,5-13H2,1-4H3,(H2,19,20,21);1H. The van der Waals surface area contributed by atoms with Crippen molar-refractivity contribution in [2.24, 2.45) is 17.5 Å². The lowest BCUT2D eigenvalue weighted by molar-refractivity contribution is 0.00397. The fourth-order valence-corrected chi connectivity index (χ4v) is 3.64. The van der Waals surface area contributed by atoms with E-state index < -0.39 is 0 Å². The molecular formula is C18H35IN6OS. The number of aliphatic hydroxyl groups excluding tert-OH is 1. The zero-order chi connectivity index (χ0) is 19.0. The first-order valence-electron chi connectivity index (χ1n) is 9.50. The van der Waals surface area contributed by atoms with Gasteiger partial charge in [-0.3, -0.25) is 0 Å². The molecule has 0 aromatic carbocycles. The van der Waals surface area contributed by atoms with Crippen LogP contribution in [0.2, 0.25) is 0 Å². The molecular weight excluding hydrogens is 475 g/mol. The minimum atomic E-state index is -0.247.